The van der Waals surface area contributed by atoms with Crippen LogP contribution in [0.25, 0.3) is 11.1 Å². The van der Waals surface area contributed by atoms with E-state index < -0.39 is 65.7 Å². The average Bonchev–Trinajstić information content (AvgIpc) is 2.83. The van der Waals surface area contributed by atoms with Crippen molar-refractivity contribution in [2.24, 2.45) is 0 Å². The smallest absolute Gasteiger partial charge is 0.388 e. The molecule has 226 valence electrons. The zero-order valence-electron chi connectivity index (χ0n) is 18.9. The van der Waals surface area contributed by atoms with Crippen molar-refractivity contribution in [2.45, 2.75) is 60.2 Å². The highest BCUT2D eigenvalue weighted by Crippen LogP contribution is 2.64. The van der Waals surface area contributed by atoms with E-state index >= 15 is 0 Å². The molecule has 2 aromatic carbocycles. The Hall–Kier alpha value is -2.79. The number of hydrogen-bond donors (Lipinski definition) is 1. The first-order chi connectivity index (χ1) is 17.7. The lowest BCUT2D eigenvalue weighted by Crippen LogP contribution is -2.74. The zero-order chi connectivity index (χ0) is 31.4. The molecule has 0 saturated heterocycles. The molecule has 2 rings (SSSR count). The molecule has 1 atom stereocenters. The average molecular weight is 616 g/mol. The molecule has 0 amide bonds. The van der Waals surface area contributed by atoms with Gasteiger partial charge in [-0.2, -0.15) is 74.6 Å². The van der Waals surface area contributed by atoms with Gasteiger partial charge in [-0.25, -0.2) is 0 Å². The highest BCUT2D eigenvalue weighted by molar-refractivity contribution is 5.63. The van der Waals surface area contributed by atoms with Crippen LogP contribution in [0, 0.1) is 0 Å². The van der Waals surface area contributed by atoms with Crippen molar-refractivity contribution in [3.63, 3.8) is 0 Å². The summed E-state index contributed by atoms with van der Waals surface area (Å²) in [5.41, 5.74) is 0.0849. The molecular weight excluding hydrogens is 603 g/mol. The lowest BCUT2D eigenvalue weighted by atomic mass is 9.87. The molecule has 0 aliphatic heterocycles. The monoisotopic (exact) mass is 616 g/mol. The van der Waals surface area contributed by atoms with Crippen LogP contribution in [0.5, 0.6) is 0 Å². The van der Waals surface area contributed by atoms with Crippen molar-refractivity contribution in [1.82, 2.24) is 0 Å². The molecule has 0 spiro atoms. The fraction of sp³-hybridized carbons (Fsp3) is 0.455. The highest BCUT2D eigenvalue weighted by Gasteiger charge is 2.95. The van der Waals surface area contributed by atoms with Crippen LogP contribution in [0.15, 0.2) is 54.6 Å². The molecule has 0 fully saturated rings. The van der Waals surface area contributed by atoms with Crippen molar-refractivity contribution in [2.75, 3.05) is 0 Å². The highest BCUT2D eigenvalue weighted by atomic mass is 19.4. The molecule has 18 heteroatoms. The predicted molar refractivity (Wildman–Crippen MR) is 102 cm³/mol. The second kappa shape index (κ2) is 9.94. The van der Waals surface area contributed by atoms with Crippen molar-refractivity contribution in [3.8, 4) is 11.1 Å². The Morgan fingerprint density at radius 3 is 1.20 bits per heavy atom. The molecule has 0 aliphatic rings. The van der Waals surface area contributed by atoms with Crippen molar-refractivity contribution < 1.29 is 79.7 Å². The third-order valence-electron chi connectivity index (χ3n) is 5.64. The van der Waals surface area contributed by atoms with Crippen LogP contribution in [0.4, 0.5) is 74.6 Å². The van der Waals surface area contributed by atoms with Crippen LogP contribution >= 0.6 is 0 Å². The van der Waals surface area contributed by atoms with Crippen LogP contribution in [0.3, 0.4) is 0 Å². The van der Waals surface area contributed by atoms with Crippen LogP contribution < -0.4 is 0 Å². The largest absolute Gasteiger partial charge is 0.460 e. The summed E-state index contributed by atoms with van der Waals surface area (Å²) in [5, 5.41) is 9.80. The summed E-state index contributed by atoms with van der Waals surface area (Å²) in [6, 6.07) is 11.5. The molecule has 1 unspecified atom stereocenters. The van der Waals surface area contributed by atoms with Crippen molar-refractivity contribution >= 4 is 0 Å². The molecule has 40 heavy (non-hydrogen) atoms. The second-order valence-electron chi connectivity index (χ2n) is 8.36. The maximum absolute atomic E-state index is 14.1. The van der Waals surface area contributed by atoms with Gasteiger partial charge in [-0.1, -0.05) is 54.6 Å². The minimum Gasteiger partial charge on any atom is -0.388 e. The van der Waals surface area contributed by atoms with Gasteiger partial charge in [0.05, 0.1) is 6.10 Å². The van der Waals surface area contributed by atoms with E-state index in [2.05, 4.69) is 0 Å². The molecule has 0 aromatic heterocycles. The van der Waals surface area contributed by atoms with Gasteiger partial charge in [-0.05, 0) is 16.7 Å². The van der Waals surface area contributed by atoms with Gasteiger partial charge in [0.2, 0.25) is 0 Å². The van der Waals surface area contributed by atoms with Crippen LogP contribution in [0.2, 0.25) is 0 Å². The minimum absolute atomic E-state index is 0.332. The third kappa shape index (κ3) is 4.95. The third-order valence-corrected chi connectivity index (χ3v) is 5.64. The summed E-state index contributed by atoms with van der Waals surface area (Å²) < 4.78 is 227. The summed E-state index contributed by atoms with van der Waals surface area (Å²) in [4.78, 5) is 0. The number of halogens is 17. The Morgan fingerprint density at radius 1 is 0.450 bits per heavy atom. The van der Waals surface area contributed by atoms with Gasteiger partial charge in [0.15, 0.2) is 0 Å². The molecule has 0 radical (unpaired) electrons. The molecule has 1 N–H and O–H groups in total. The quantitative estimate of drug-likeness (QED) is 0.265. The topological polar surface area (TPSA) is 20.2 Å². The Labute approximate surface area is 212 Å². The number of aliphatic hydroxyl groups is 1. The van der Waals surface area contributed by atoms with Gasteiger partial charge < -0.3 is 5.11 Å². The molecule has 2 aromatic rings. The second-order valence-corrected chi connectivity index (χ2v) is 8.36. The van der Waals surface area contributed by atoms with E-state index in [4.69, 9.17) is 0 Å². The predicted octanol–water partition coefficient (Wildman–Crippen LogP) is 8.79. The van der Waals surface area contributed by atoms with E-state index in [1.807, 2.05) is 0 Å². The maximum atomic E-state index is 14.1. The zero-order valence-corrected chi connectivity index (χ0v) is 18.9. The molecular formula is C22H13F17O. The van der Waals surface area contributed by atoms with Gasteiger partial charge in [0.1, 0.15) is 0 Å². The summed E-state index contributed by atoms with van der Waals surface area (Å²) in [5.74, 6) is -57.0. The molecule has 0 heterocycles. The summed E-state index contributed by atoms with van der Waals surface area (Å²) in [7, 11) is 0. The van der Waals surface area contributed by atoms with Gasteiger partial charge in [0.25, 0.3) is 0 Å². The van der Waals surface area contributed by atoms with E-state index in [0.717, 1.165) is 24.3 Å². The fourth-order valence-electron chi connectivity index (χ4n) is 3.21. The number of rotatable bonds is 10. The molecule has 0 saturated carbocycles. The standard InChI is InChI=1S/C22H13F17O/c23-15(24,10-14(40)13-8-6-12(7-9-13)11-4-2-1-3-5-11)16(25,26)17(27,28)18(29,30)19(31,32)20(33,34)21(35,36)22(37,38)39/h1-9,14,40H,10H2. The molecule has 1 nitrogen and oxygen atoms in total. The van der Waals surface area contributed by atoms with Gasteiger partial charge in [-0.15, -0.1) is 0 Å². The first kappa shape index (κ1) is 33.4. The normalized spacial score (nSPS) is 15.8. The summed E-state index contributed by atoms with van der Waals surface area (Å²) in [6.45, 7) is 0. The fourth-order valence-corrected chi connectivity index (χ4v) is 3.21. The Kier molecular flexibility index (Phi) is 8.30. The Balaban J connectivity index is 2.43. The Bertz CT molecular complexity index is 1150. The van der Waals surface area contributed by atoms with E-state index in [-0.39, 0.29) is 0 Å². The summed E-state index contributed by atoms with van der Waals surface area (Å²) in [6.07, 6.45) is -13.7. The molecule has 0 bridgehead atoms. The number of hydrogen-bond acceptors (Lipinski definition) is 1. The van der Waals surface area contributed by atoms with Crippen molar-refractivity contribution in [3.05, 3.63) is 60.2 Å². The van der Waals surface area contributed by atoms with E-state index in [0.29, 0.717) is 11.1 Å². The van der Waals surface area contributed by atoms with E-state index in [1.54, 1.807) is 18.2 Å². The lowest BCUT2D eigenvalue weighted by molar-refractivity contribution is -0.462. The van der Waals surface area contributed by atoms with Crippen molar-refractivity contribution in [1.29, 1.82) is 0 Å². The van der Waals surface area contributed by atoms with Gasteiger partial charge in [-0.3, -0.25) is 0 Å². The summed E-state index contributed by atoms with van der Waals surface area (Å²) >= 11 is 0. The van der Waals surface area contributed by atoms with E-state index in [1.165, 1.54) is 12.1 Å². The van der Waals surface area contributed by atoms with Crippen LogP contribution in [-0.2, 0) is 0 Å². The lowest BCUT2D eigenvalue weighted by Gasteiger charge is -2.43. The van der Waals surface area contributed by atoms with Gasteiger partial charge in [0, 0.05) is 6.42 Å². The van der Waals surface area contributed by atoms with E-state index in [9.17, 15) is 79.7 Å². The number of benzene rings is 2. The maximum Gasteiger partial charge on any atom is 0.460 e. The molecule has 0 aliphatic carbocycles. The first-order valence-electron chi connectivity index (χ1n) is 10.3. The number of aliphatic hydroxyl groups excluding tert-OH is 1. The number of alkyl halides is 17. The first-order valence-corrected chi connectivity index (χ1v) is 10.3. The van der Waals surface area contributed by atoms with Crippen LogP contribution in [-0.4, -0.2) is 52.7 Å². The Morgan fingerprint density at radius 2 is 0.800 bits per heavy atom. The van der Waals surface area contributed by atoms with Crippen LogP contribution in [0.1, 0.15) is 18.1 Å². The SMILES string of the molecule is OC(CC(F)(F)C(F)(F)C(F)(F)C(F)(F)C(F)(F)C(F)(F)C(F)(F)C(F)(F)F)c1ccc(-c2ccccc2)cc1. The van der Waals surface area contributed by atoms with Gasteiger partial charge >= 0.3 is 47.6 Å². The minimum atomic E-state index is -8.69.